The molecule has 12 heterocycles. The third kappa shape index (κ3) is 14.3. The Bertz CT molecular complexity index is 8690. The van der Waals surface area contributed by atoms with Gasteiger partial charge in [0.15, 0.2) is 34.2 Å². The molecule has 0 fully saturated rings. The normalized spacial score (nSPS) is 13.4. The number of rotatable bonds is 19. The van der Waals surface area contributed by atoms with E-state index in [-0.39, 0.29) is 0 Å². The lowest BCUT2D eigenvalue weighted by atomic mass is 9.99. The average Bonchev–Trinajstić information content (AvgIpc) is 1.58. The molecule has 0 aliphatic carbocycles. The van der Waals surface area contributed by atoms with Crippen LogP contribution in [0.3, 0.4) is 0 Å². The molecule has 1 N–H and O–H groups in total. The molecule has 0 amide bonds. The molecule has 2 aliphatic rings. The van der Waals surface area contributed by atoms with Crippen LogP contribution in [0.1, 0.15) is 23.5 Å². The van der Waals surface area contributed by atoms with Gasteiger partial charge >= 0.3 is 0 Å². The number of imidazole rings is 4. The van der Waals surface area contributed by atoms with E-state index in [4.69, 9.17) is 49.8 Å². The summed E-state index contributed by atoms with van der Waals surface area (Å²) in [6.07, 6.45) is 8.27. The highest BCUT2D eigenvalue weighted by Gasteiger charge is 2.41. The van der Waals surface area contributed by atoms with Crippen LogP contribution < -0.4 is 20.0 Å². The first kappa shape index (κ1) is 80.9. The Morgan fingerprint density at radius 3 is 1.08 bits per heavy atom. The molecule has 2 unspecified atom stereocenters. The first-order valence-corrected chi connectivity index (χ1v) is 46.5. The van der Waals surface area contributed by atoms with Gasteiger partial charge in [-0.05, 0) is 219 Å². The lowest BCUT2D eigenvalue weighted by Crippen LogP contribution is -2.31. The number of benzene rings is 14. The second-order valence-electron chi connectivity index (χ2n) is 35.0. The number of nitrogens with one attached hydrogen (secondary N) is 1. The molecular weight excluding hydrogens is 1710 g/mol. The molecule has 0 saturated carbocycles. The van der Waals surface area contributed by atoms with Crippen molar-refractivity contribution in [3.8, 4) is 146 Å². The second kappa shape index (κ2) is 34.0. The topological polar surface area (TPSA) is 170 Å². The van der Waals surface area contributed by atoms with E-state index in [1.807, 2.05) is 85.6 Å². The number of hydrogen-bond donors (Lipinski definition) is 1. The van der Waals surface area contributed by atoms with Gasteiger partial charge in [-0.15, -0.1) is 0 Å². The SMILES string of the molecule is CN1c2cccnc2N(c2ccccc2-c2ccccc2)C1c1cc(-c2nc3cccnc3n2-c2ccccc2-c2ccccc2)cc(-c2nc3ccc(-c4cnc5c(c4)NC(c4cc(-c6nc7cccnc7n6-c6cccc(-c7ccccc7)c6)cc(-c6nc7cccnc7n6-c6cccc(-c7ccccc7)c6)c4)N5c4cccc(-c5ccccc5)c4)nc3n2-c2ccccc2-c2ccccc2)c1. The van der Waals surface area contributed by atoms with Crippen LogP contribution in [-0.4, -0.2) is 75.2 Å². The zero-order chi connectivity index (χ0) is 92.0. The van der Waals surface area contributed by atoms with Gasteiger partial charge in [-0.25, -0.2) is 49.8 Å². The van der Waals surface area contributed by atoms with Gasteiger partial charge in [0.2, 0.25) is 0 Å². The van der Waals surface area contributed by atoms with Crippen LogP contribution in [0.15, 0.2) is 462 Å². The van der Waals surface area contributed by atoms with E-state index in [9.17, 15) is 0 Å². The van der Waals surface area contributed by atoms with Gasteiger partial charge in [0.05, 0.1) is 34.1 Å². The third-order valence-corrected chi connectivity index (χ3v) is 26.6. The Morgan fingerprint density at radius 1 is 0.230 bits per heavy atom. The highest BCUT2D eigenvalue weighted by molar-refractivity contribution is 5.95. The summed E-state index contributed by atoms with van der Waals surface area (Å²) in [4.78, 5) is 62.2. The molecular formula is C121H82N18. The fraction of sp³-hybridized carbons (Fsp3) is 0.0248. The van der Waals surface area contributed by atoms with Crippen molar-refractivity contribution in [3.63, 3.8) is 0 Å². The highest BCUT2D eigenvalue weighted by atomic mass is 15.4. The van der Waals surface area contributed by atoms with E-state index < -0.39 is 12.3 Å². The predicted octanol–water partition coefficient (Wildman–Crippen LogP) is 28.3. The summed E-state index contributed by atoms with van der Waals surface area (Å²) in [7, 11) is 2.17. The Morgan fingerprint density at radius 2 is 0.597 bits per heavy atom. The fourth-order valence-corrected chi connectivity index (χ4v) is 20.3. The molecule has 18 heteroatoms. The summed E-state index contributed by atoms with van der Waals surface area (Å²) in [6, 6.07) is 151. The van der Waals surface area contributed by atoms with E-state index in [2.05, 4.69) is 421 Å². The third-order valence-electron chi connectivity index (χ3n) is 26.6. The minimum Gasteiger partial charge on any atom is -0.358 e. The van der Waals surface area contributed by atoms with Crippen molar-refractivity contribution in [3.05, 3.63) is 473 Å². The minimum atomic E-state index is -0.627. The molecule has 26 rings (SSSR count). The summed E-state index contributed by atoms with van der Waals surface area (Å²) in [5.74, 6) is 4.23. The highest BCUT2D eigenvalue weighted by Crippen LogP contribution is 2.54. The monoisotopic (exact) mass is 1790 g/mol. The van der Waals surface area contributed by atoms with E-state index in [1.54, 1.807) is 0 Å². The van der Waals surface area contributed by atoms with Gasteiger partial charge in [-0.1, -0.05) is 273 Å². The maximum absolute atomic E-state index is 5.94. The summed E-state index contributed by atoms with van der Waals surface area (Å²) in [5.41, 5.74) is 32.1. The summed E-state index contributed by atoms with van der Waals surface area (Å²) in [6.45, 7) is 0. The van der Waals surface area contributed by atoms with Crippen molar-refractivity contribution >= 4 is 79.0 Å². The van der Waals surface area contributed by atoms with Gasteiger partial charge in [-0.3, -0.25) is 28.1 Å². The predicted molar refractivity (Wildman–Crippen MR) is 559 cm³/mol. The van der Waals surface area contributed by atoms with Crippen LogP contribution in [0.4, 0.5) is 34.4 Å². The van der Waals surface area contributed by atoms with Crippen molar-refractivity contribution in [2.75, 3.05) is 27.1 Å². The fourth-order valence-electron chi connectivity index (χ4n) is 20.3. The molecule has 10 aromatic heterocycles. The van der Waals surface area contributed by atoms with Crippen molar-refractivity contribution in [2.45, 2.75) is 12.3 Å². The van der Waals surface area contributed by atoms with Gasteiger partial charge in [-0.2, -0.15) is 0 Å². The lowest BCUT2D eigenvalue weighted by molar-refractivity contribution is 0.716. The first-order chi connectivity index (χ1) is 68.8. The number of para-hydroxylation sites is 3. The molecule has 0 spiro atoms. The molecule has 2 aliphatic heterocycles. The molecule has 18 nitrogen and oxygen atoms in total. The molecule has 656 valence electrons. The summed E-state index contributed by atoms with van der Waals surface area (Å²) >= 11 is 0. The molecule has 0 radical (unpaired) electrons. The van der Waals surface area contributed by atoms with Crippen molar-refractivity contribution in [1.29, 1.82) is 0 Å². The molecule has 0 saturated heterocycles. The smallest absolute Gasteiger partial charge is 0.165 e. The Labute approximate surface area is 800 Å². The number of fused-ring (bicyclic) bond motifs is 6. The van der Waals surface area contributed by atoms with Crippen LogP contribution in [0.2, 0.25) is 0 Å². The number of nitrogens with zero attached hydrogens (tertiary/aromatic N) is 17. The van der Waals surface area contributed by atoms with Gasteiger partial charge < -0.3 is 10.2 Å². The first-order valence-electron chi connectivity index (χ1n) is 46.5. The maximum atomic E-state index is 5.94. The molecule has 24 aromatic rings. The molecule has 139 heavy (non-hydrogen) atoms. The summed E-state index contributed by atoms with van der Waals surface area (Å²) < 4.78 is 8.86. The number of aromatic nitrogens is 14. The second-order valence-corrected chi connectivity index (χ2v) is 35.0. The average molecular weight is 1790 g/mol. The maximum Gasteiger partial charge on any atom is 0.165 e. The van der Waals surface area contributed by atoms with Crippen molar-refractivity contribution < 1.29 is 0 Å². The van der Waals surface area contributed by atoms with Crippen LogP contribution in [-0.2, 0) is 0 Å². The number of hydrogen-bond acceptors (Lipinski definition) is 14. The summed E-state index contributed by atoms with van der Waals surface area (Å²) in [5, 5.41) is 4.18. The zero-order valence-corrected chi connectivity index (χ0v) is 75.1. The van der Waals surface area contributed by atoms with Crippen LogP contribution in [0.25, 0.3) is 191 Å². The zero-order valence-electron chi connectivity index (χ0n) is 75.1. The lowest BCUT2D eigenvalue weighted by Gasteiger charge is -2.32. The van der Waals surface area contributed by atoms with Crippen molar-refractivity contribution in [1.82, 2.24) is 68.1 Å². The van der Waals surface area contributed by atoms with Gasteiger partial charge in [0, 0.05) is 99.6 Å². The van der Waals surface area contributed by atoms with E-state index in [1.165, 1.54) is 0 Å². The Hall–Kier alpha value is -18.9. The number of pyridine rings is 6. The van der Waals surface area contributed by atoms with Crippen LogP contribution >= 0.6 is 0 Å². The largest absolute Gasteiger partial charge is 0.358 e. The Kier molecular flexibility index (Phi) is 19.8. The minimum absolute atomic E-state index is 0.483. The van der Waals surface area contributed by atoms with Gasteiger partial charge in [0.1, 0.15) is 57.7 Å². The number of anilines is 6. The van der Waals surface area contributed by atoms with E-state index >= 15 is 0 Å². The van der Waals surface area contributed by atoms with E-state index in [0.29, 0.717) is 62.9 Å². The molecule has 2 atom stereocenters. The van der Waals surface area contributed by atoms with Crippen molar-refractivity contribution in [2.24, 2.45) is 0 Å². The van der Waals surface area contributed by atoms with Gasteiger partial charge in [0.25, 0.3) is 0 Å². The standard InChI is InChI=1S/C121H82N18/c1-133-109-60-32-66-125-120(109)139(108-59-25-22-53-99(108)83-43-18-7-19-44-83)121(133)92-71-90(113-130-103-56-31-65-124-117(103)137(113)106-57-23-20-51-97(106)81-39-14-5-15-40-81)70-91(72-92)114-131-104-62-61-100(127-119(104)138(114)107-58-24-21-52-98(107)82-41-16-6-17-42-82)93-76-105-118(126-77-93)136(96-50-28-47-86(75-96)80-37-12-4-13-38-80)112(132-105)89-68-87(110-128-101-54-29-63-122-115(101)134(110)94-48-26-45-84(73-94)78-33-8-2-9-34-78)67-88(69-89)111-129-102-55-30-64-123-116(102)135(111)95-49-27-46-85(74-95)79-35-10-3-11-36-79/h2-77,112,121,132H,1H3. The van der Waals surface area contributed by atoms with Crippen LogP contribution in [0.5, 0.6) is 0 Å². The molecule has 14 aromatic carbocycles. The van der Waals surface area contributed by atoms with Crippen LogP contribution in [0, 0.1) is 0 Å². The van der Waals surface area contributed by atoms with E-state index in [0.717, 1.165) is 174 Å². The Balaban J connectivity index is 0.681. The quantitative estimate of drug-likeness (QED) is 0.0811. The molecule has 0 bridgehead atoms.